The predicted molar refractivity (Wildman–Crippen MR) is 63.7 cm³/mol. The van der Waals surface area contributed by atoms with Crippen LogP contribution in [0.4, 0.5) is 0 Å². The monoisotopic (exact) mass is 262 g/mol. The summed E-state index contributed by atoms with van der Waals surface area (Å²) in [6, 6.07) is 0. The van der Waals surface area contributed by atoms with E-state index in [2.05, 4.69) is 0 Å². The van der Waals surface area contributed by atoms with Gasteiger partial charge in [-0.3, -0.25) is 4.79 Å². The predicted octanol–water partition coefficient (Wildman–Crippen LogP) is -0.362. The van der Waals surface area contributed by atoms with Gasteiger partial charge in [-0.25, -0.2) is 0 Å². The Kier molecular flexibility index (Phi) is 8.53. The lowest BCUT2D eigenvalue weighted by molar-refractivity contribution is -0.167. The second kappa shape index (κ2) is 9.02. The van der Waals surface area contributed by atoms with Crippen molar-refractivity contribution >= 4 is 12.3 Å². The van der Waals surface area contributed by atoms with Gasteiger partial charge in [0.15, 0.2) is 0 Å². The van der Waals surface area contributed by atoms with E-state index in [0.717, 1.165) is 0 Å². The van der Waals surface area contributed by atoms with Crippen LogP contribution in [0.1, 0.15) is 33.1 Å². The molecule has 0 aliphatic rings. The molecule has 0 radical (unpaired) electrons. The minimum atomic E-state index is -1.47. The molecule has 0 aromatic rings. The fourth-order valence-corrected chi connectivity index (χ4v) is 1.58. The SMILES string of the molecule is CCC(CC)C(=O)O[C@H](CC=O)[C@H](O)[C@H](O)CO. The number of aldehydes is 1. The third kappa shape index (κ3) is 5.12. The van der Waals surface area contributed by atoms with Gasteiger partial charge in [-0.05, 0) is 12.8 Å². The van der Waals surface area contributed by atoms with Crippen molar-refractivity contribution < 1.29 is 29.6 Å². The number of ether oxygens (including phenoxy) is 1. The van der Waals surface area contributed by atoms with Crippen LogP contribution in [-0.4, -0.2) is 52.5 Å². The summed E-state index contributed by atoms with van der Waals surface area (Å²) in [5, 5.41) is 27.6. The van der Waals surface area contributed by atoms with E-state index in [1.807, 2.05) is 13.8 Å². The Hall–Kier alpha value is -0.980. The minimum absolute atomic E-state index is 0.218. The zero-order valence-corrected chi connectivity index (χ0v) is 10.8. The summed E-state index contributed by atoms with van der Waals surface area (Å²) < 4.78 is 5.03. The molecule has 0 fully saturated rings. The van der Waals surface area contributed by atoms with E-state index in [1.165, 1.54) is 0 Å². The largest absolute Gasteiger partial charge is 0.459 e. The molecule has 0 unspecified atom stereocenters. The molecule has 106 valence electrons. The highest BCUT2D eigenvalue weighted by molar-refractivity contribution is 5.72. The zero-order valence-electron chi connectivity index (χ0n) is 10.8. The van der Waals surface area contributed by atoms with Gasteiger partial charge in [-0.2, -0.15) is 0 Å². The number of carbonyl (C=O) groups is 2. The number of aliphatic hydroxyl groups is 3. The van der Waals surface area contributed by atoms with Crippen LogP contribution >= 0.6 is 0 Å². The number of hydrogen-bond donors (Lipinski definition) is 3. The lowest BCUT2D eigenvalue weighted by atomic mass is 10.0. The van der Waals surface area contributed by atoms with E-state index < -0.39 is 30.9 Å². The van der Waals surface area contributed by atoms with Crippen molar-refractivity contribution in [2.24, 2.45) is 5.92 Å². The maximum absolute atomic E-state index is 11.7. The van der Waals surface area contributed by atoms with E-state index in [1.54, 1.807) is 0 Å². The average molecular weight is 262 g/mol. The van der Waals surface area contributed by atoms with Crippen molar-refractivity contribution in [3.8, 4) is 0 Å². The van der Waals surface area contributed by atoms with Gasteiger partial charge in [0, 0.05) is 6.42 Å². The number of hydrogen-bond acceptors (Lipinski definition) is 6. The van der Waals surface area contributed by atoms with Crippen LogP contribution in [0.5, 0.6) is 0 Å². The lowest BCUT2D eigenvalue weighted by Crippen LogP contribution is -2.43. The van der Waals surface area contributed by atoms with Gasteiger partial charge >= 0.3 is 5.97 Å². The van der Waals surface area contributed by atoms with E-state index in [9.17, 15) is 19.8 Å². The summed E-state index contributed by atoms with van der Waals surface area (Å²) in [6.07, 6.45) is -2.56. The molecular formula is C12H22O6. The maximum atomic E-state index is 11.7. The molecule has 0 spiro atoms. The van der Waals surface area contributed by atoms with Crippen LogP contribution in [0.25, 0.3) is 0 Å². The van der Waals surface area contributed by atoms with Crippen molar-refractivity contribution in [3.63, 3.8) is 0 Å². The lowest BCUT2D eigenvalue weighted by Gasteiger charge is -2.26. The Morgan fingerprint density at radius 1 is 1.28 bits per heavy atom. The van der Waals surface area contributed by atoms with Crippen LogP contribution < -0.4 is 0 Å². The summed E-state index contributed by atoms with van der Waals surface area (Å²) in [5.41, 5.74) is 0. The van der Waals surface area contributed by atoms with Crippen LogP contribution in [0.15, 0.2) is 0 Å². The molecular weight excluding hydrogens is 240 g/mol. The standard InChI is InChI=1S/C12H22O6/c1-3-8(4-2)12(17)18-10(5-6-13)11(16)9(15)7-14/h6,8-11,14-16H,3-5,7H2,1-2H3/t9-,10-,11-/m1/s1. The Morgan fingerprint density at radius 2 is 1.83 bits per heavy atom. The highest BCUT2D eigenvalue weighted by atomic mass is 16.6. The topological polar surface area (TPSA) is 104 Å². The van der Waals surface area contributed by atoms with Gasteiger partial charge in [-0.1, -0.05) is 13.8 Å². The van der Waals surface area contributed by atoms with Crippen LogP contribution in [0.2, 0.25) is 0 Å². The van der Waals surface area contributed by atoms with E-state index in [0.29, 0.717) is 19.1 Å². The molecule has 0 aliphatic heterocycles. The molecule has 0 heterocycles. The van der Waals surface area contributed by atoms with E-state index in [-0.39, 0.29) is 12.3 Å². The van der Waals surface area contributed by atoms with Crippen LogP contribution in [0, 0.1) is 5.92 Å². The molecule has 3 atom stereocenters. The molecule has 0 bridgehead atoms. The van der Waals surface area contributed by atoms with Crippen molar-refractivity contribution in [2.45, 2.75) is 51.4 Å². The van der Waals surface area contributed by atoms with Crippen LogP contribution in [0.3, 0.4) is 0 Å². The van der Waals surface area contributed by atoms with Crippen molar-refractivity contribution in [2.75, 3.05) is 6.61 Å². The van der Waals surface area contributed by atoms with Gasteiger partial charge < -0.3 is 24.9 Å². The first kappa shape index (κ1) is 17.0. The molecule has 0 aliphatic carbocycles. The first-order valence-electron chi connectivity index (χ1n) is 6.12. The van der Waals surface area contributed by atoms with Crippen molar-refractivity contribution in [1.82, 2.24) is 0 Å². The molecule has 6 nitrogen and oxygen atoms in total. The number of aliphatic hydroxyl groups excluding tert-OH is 3. The Labute approximate surface area is 107 Å². The fourth-order valence-electron chi connectivity index (χ4n) is 1.58. The second-order valence-electron chi connectivity index (χ2n) is 4.13. The zero-order chi connectivity index (χ0) is 14.1. The van der Waals surface area contributed by atoms with Crippen LogP contribution in [-0.2, 0) is 14.3 Å². The average Bonchev–Trinajstić information content (AvgIpc) is 2.37. The number of carbonyl (C=O) groups excluding carboxylic acids is 2. The molecule has 0 amide bonds. The molecule has 0 aromatic heterocycles. The number of esters is 1. The quantitative estimate of drug-likeness (QED) is 0.387. The van der Waals surface area contributed by atoms with E-state index in [4.69, 9.17) is 9.84 Å². The molecule has 0 rings (SSSR count). The Bertz CT molecular complexity index is 251. The third-order valence-electron chi connectivity index (χ3n) is 2.88. The molecule has 0 saturated heterocycles. The maximum Gasteiger partial charge on any atom is 0.309 e. The Balaban J connectivity index is 4.60. The first-order chi connectivity index (χ1) is 8.51. The fraction of sp³-hybridized carbons (Fsp3) is 0.833. The summed E-state index contributed by atoms with van der Waals surface area (Å²) in [5.74, 6) is -0.798. The van der Waals surface area contributed by atoms with Gasteiger partial charge in [0.1, 0.15) is 24.6 Å². The molecule has 0 saturated carbocycles. The summed E-state index contributed by atoms with van der Waals surface area (Å²) in [4.78, 5) is 22.2. The van der Waals surface area contributed by atoms with Crippen molar-refractivity contribution in [3.05, 3.63) is 0 Å². The van der Waals surface area contributed by atoms with Gasteiger partial charge in [0.25, 0.3) is 0 Å². The summed E-state index contributed by atoms with van der Waals surface area (Å²) in [7, 11) is 0. The number of rotatable bonds is 9. The smallest absolute Gasteiger partial charge is 0.309 e. The molecule has 6 heteroatoms. The van der Waals surface area contributed by atoms with Gasteiger partial charge in [0.2, 0.25) is 0 Å². The highest BCUT2D eigenvalue weighted by Crippen LogP contribution is 2.15. The van der Waals surface area contributed by atoms with Gasteiger partial charge in [-0.15, -0.1) is 0 Å². The summed E-state index contributed by atoms with van der Waals surface area (Å²) in [6.45, 7) is 3.01. The minimum Gasteiger partial charge on any atom is -0.459 e. The summed E-state index contributed by atoms with van der Waals surface area (Å²) >= 11 is 0. The highest BCUT2D eigenvalue weighted by Gasteiger charge is 2.30. The molecule has 3 N–H and O–H groups in total. The second-order valence-corrected chi connectivity index (χ2v) is 4.13. The Morgan fingerprint density at radius 3 is 2.22 bits per heavy atom. The molecule has 0 aromatic carbocycles. The van der Waals surface area contributed by atoms with Gasteiger partial charge in [0.05, 0.1) is 12.5 Å². The molecule has 18 heavy (non-hydrogen) atoms. The third-order valence-corrected chi connectivity index (χ3v) is 2.88. The van der Waals surface area contributed by atoms with E-state index >= 15 is 0 Å². The normalized spacial score (nSPS) is 16.1. The first-order valence-corrected chi connectivity index (χ1v) is 6.12. The van der Waals surface area contributed by atoms with Crippen molar-refractivity contribution in [1.29, 1.82) is 0 Å².